The molecule has 1 heterocycles. The number of carbonyl (C=O) groups is 1. The van der Waals surface area contributed by atoms with Crippen LogP contribution >= 0.6 is 0 Å². The largest absolute Gasteiger partial charge is 0.477 e. The monoisotopic (exact) mass is 155 g/mol. The summed E-state index contributed by atoms with van der Waals surface area (Å²) in [5.41, 5.74) is 5.41. The molecule has 60 valence electrons. The third-order valence-corrected chi connectivity index (χ3v) is 1.28. The summed E-state index contributed by atoms with van der Waals surface area (Å²) in [6.45, 7) is 0.830. The summed E-state index contributed by atoms with van der Waals surface area (Å²) in [5.74, 6) is -0.976. The van der Waals surface area contributed by atoms with Crippen LogP contribution in [0.1, 0.15) is 10.5 Å². The van der Waals surface area contributed by atoms with Crippen molar-refractivity contribution in [2.45, 2.75) is 6.54 Å². The van der Waals surface area contributed by atoms with Gasteiger partial charge in [-0.15, -0.1) is 0 Å². The molecule has 0 bridgehead atoms. The molecular weight excluding hydrogens is 146 g/mol. The van der Waals surface area contributed by atoms with Gasteiger partial charge in [-0.05, 0) is 6.07 Å². The first-order valence-electron chi connectivity index (χ1n) is 3.21. The molecule has 0 saturated carbocycles. The molecule has 0 aliphatic carbocycles. The average molecular weight is 155 g/mol. The lowest BCUT2D eigenvalue weighted by molar-refractivity contribution is 0.0683. The van der Waals surface area contributed by atoms with E-state index in [1.165, 1.54) is 16.9 Å². The Bertz CT molecular complexity index is 256. The van der Waals surface area contributed by atoms with Crippen LogP contribution < -0.4 is 5.73 Å². The zero-order chi connectivity index (χ0) is 8.27. The molecule has 0 atom stereocenters. The summed E-state index contributed by atoms with van der Waals surface area (Å²) in [6.07, 6.45) is 1.44. The van der Waals surface area contributed by atoms with E-state index in [0.29, 0.717) is 13.1 Å². The van der Waals surface area contributed by atoms with Crippen LogP contribution in [0.4, 0.5) is 0 Å². The molecule has 5 heteroatoms. The molecule has 0 spiro atoms. The Hall–Kier alpha value is -1.36. The van der Waals surface area contributed by atoms with Gasteiger partial charge in [0.05, 0.1) is 6.54 Å². The Balaban J connectivity index is 2.87. The molecule has 1 aromatic rings. The van der Waals surface area contributed by atoms with Crippen molar-refractivity contribution >= 4 is 5.97 Å². The standard InChI is InChI=1S/C6H9N3O2/c7-2-4-9-5(6(10)11)1-3-8-9/h1,3H,2,4,7H2,(H,10,11). The Labute approximate surface area is 63.4 Å². The minimum atomic E-state index is -0.976. The number of nitrogens with zero attached hydrogens (tertiary/aromatic N) is 2. The maximum Gasteiger partial charge on any atom is 0.354 e. The number of aromatic nitrogens is 2. The van der Waals surface area contributed by atoms with E-state index in [4.69, 9.17) is 10.8 Å². The summed E-state index contributed by atoms with van der Waals surface area (Å²) >= 11 is 0. The van der Waals surface area contributed by atoms with Crippen molar-refractivity contribution < 1.29 is 9.90 Å². The molecule has 0 unspecified atom stereocenters. The van der Waals surface area contributed by atoms with Crippen LogP contribution in [0.25, 0.3) is 0 Å². The molecule has 0 fully saturated rings. The van der Waals surface area contributed by atoms with E-state index in [1.807, 2.05) is 0 Å². The highest BCUT2D eigenvalue weighted by Crippen LogP contribution is 1.96. The van der Waals surface area contributed by atoms with Gasteiger partial charge in [0, 0.05) is 12.7 Å². The van der Waals surface area contributed by atoms with E-state index in [-0.39, 0.29) is 5.69 Å². The normalized spacial score (nSPS) is 9.91. The smallest absolute Gasteiger partial charge is 0.354 e. The molecule has 0 amide bonds. The average Bonchev–Trinajstić information content (AvgIpc) is 2.36. The highest BCUT2D eigenvalue weighted by molar-refractivity contribution is 5.85. The Morgan fingerprint density at radius 1 is 1.82 bits per heavy atom. The molecule has 0 saturated heterocycles. The van der Waals surface area contributed by atoms with Crippen molar-refractivity contribution in [3.8, 4) is 0 Å². The molecule has 0 aliphatic rings. The van der Waals surface area contributed by atoms with Crippen LogP contribution in [-0.4, -0.2) is 27.4 Å². The van der Waals surface area contributed by atoms with Gasteiger partial charge < -0.3 is 10.8 Å². The van der Waals surface area contributed by atoms with Crippen molar-refractivity contribution in [1.82, 2.24) is 9.78 Å². The Kier molecular flexibility index (Phi) is 2.22. The Morgan fingerprint density at radius 3 is 3.09 bits per heavy atom. The van der Waals surface area contributed by atoms with Gasteiger partial charge in [0.2, 0.25) is 0 Å². The van der Waals surface area contributed by atoms with Crippen LogP contribution in [0.3, 0.4) is 0 Å². The molecule has 1 aromatic heterocycles. The van der Waals surface area contributed by atoms with Gasteiger partial charge >= 0.3 is 5.97 Å². The highest BCUT2D eigenvalue weighted by Gasteiger charge is 2.07. The first kappa shape index (κ1) is 7.74. The number of carboxylic acids is 1. The Morgan fingerprint density at radius 2 is 2.55 bits per heavy atom. The van der Waals surface area contributed by atoms with Crippen LogP contribution in [0.15, 0.2) is 12.3 Å². The van der Waals surface area contributed by atoms with Gasteiger partial charge in [-0.1, -0.05) is 0 Å². The van der Waals surface area contributed by atoms with Crippen molar-refractivity contribution in [3.05, 3.63) is 18.0 Å². The molecule has 0 radical (unpaired) electrons. The van der Waals surface area contributed by atoms with Gasteiger partial charge in [0.25, 0.3) is 0 Å². The fraction of sp³-hybridized carbons (Fsp3) is 0.333. The number of aromatic carboxylic acids is 1. The lowest BCUT2D eigenvalue weighted by Crippen LogP contribution is -2.15. The minimum absolute atomic E-state index is 0.176. The van der Waals surface area contributed by atoms with E-state index in [2.05, 4.69) is 5.10 Å². The summed E-state index contributed by atoms with van der Waals surface area (Å²) in [6, 6.07) is 1.44. The fourth-order valence-corrected chi connectivity index (χ4v) is 0.815. The van der Waals surface area contributed by atoms with Crippen LogP contribution in [0.2, 0.25) is 0 Å². The van der Waals surface area contributed by atoms with Gasteiger partial charge in [-0.2, -0.15) is 5.10 Å². The molecule has 5 nitrogen and oxygen atoms in total. The first-order valence-corrected chi connectivity index (χ1v) is 3.21. The molecule has 1 rings (SSSR count). The number of rotatable bonds is 3. The zero-order valence-electron chi connectivity index (χ0n) is 5.90. The highest BCUT2D eigenvalue weighted by atomic mass is 16.4. The maximum atomic E-state index is 10.5. The SMILES string of the molecule is NCCn1nccc1C(=O)O. The molecule has 0 aromatic carbocycles. The van der Waals surface area contributed by atoms with Crippen molar-refractivity contribution in [3.63, 3.8) is 0 Å². The van der Waals surface area contributed by atoms with Gasteiger partial charge in [0.15, 0.2) is 0 Å². The van der Waals surface area contributed by atoms with E-state index >= 15 is 0 Å². The molecule has 3 N–H and O–H groups in total. The van der Waals surface area contributed by atoms with E-state index in [1.54, 1.807) is 0 Å². The molecule has 0 aliphatic heterocycles. The van der Waals surface area contributed by atoms with Gasteiger partial charge in [0.1, 0.15) is 5.69 Å². The van der Waals surface area contributed by atoms with Crippen molar-refractivity contribution in [1.29, 1.82) is 0 Å². The van der Waals surface area contributed by atoms with Crippen LogP contribution in [0.5, 0.6) is 0 Å². The second kappa shape index (κ2) is 3.16. The summed E-state index contributed by atoms with van der Waals surface area (Å²) in [7, 11) is 0. The number of nitrogens with two attached hydrogens (primary N) is 1. The minimum Gasteiger partial charge on any atom is -0.477 e. The number of hydrogen-bond acceptors (Lipinski definition) is 3. The zero-order valence-corrected chi connectivity index (χ0v) is 5.90. The topological polar surface area (TPSA) is 81.1 Å². The van der Waals surface area contributed by atoms with E-state index in [9.17, 15) is 4.79 Å². The fourth-order valence-electron chi connectivity index (χ4n) is 0.815. The second-order valence-corrected chi connectivity index (χ2v) is 2.03. The van der Waals surface area contributed by atoms with E-state index in [0.717, 1.165) is 0 Å². The van der Waals surface area contributed by atoms with Gasteiger partial charge in [-0.25, -0.2) is 4.79 Å². The summed E-state index contributed by atoms with van der Waals surface area (Å²) in [4.78, 5) is 10.5. The van der Waals surface area contributed by atoms with E-state index < -0.39 is 5.97 Å². The summed E-state index contributed by atoms with van der Waals surface area (Å²) < 4.78 is 1.36. The predicted octanol–water partition coefficient (Wildman–Crippen LogP) is -0.460. The maximum absolute atomic E-state index is 10.5. The second-order valence-electron chi connectivity index (χ2n) is 2.03. The third-order valence-electron chi connectivity index (χ3n) is 1.28. The quantitative estimate of drug-likeness (QED) is 0.618. The number of carboxylic acid groups (broad SMARTS) is 1. The van der Waals surface area contributed by atoms with Gasteiger partial charge in [-0.3, -0.25) is 4.68 Å². The third kappa shape index (κ3) is 1.56. The lowest BCUT2D eigenvalue weighted by Gasteiger charge is -1.99. The summed E-state index contributed by atoms with van der Waals surface area (Å²) in [5, 5.41) is 12.4. The van der Waals surface area contributed by atoms with Crippen LogP contribution in [0, 0.1) is 0 Å². The van der Waals surface area contributed by atoms with Crippen LogP contribution in [-0.2, 0) is 6.54 Å². The molecule has 11 heavy (non-hydrogen) atoms. The lowest BCUT2D eigenvalue weighted by atomic mass is 10.4. The molecular formula is C6H9N3O2. The van der Waals surface area contributed by atoms with Crippen molar-refractivity contribution in [2.75, 3.05) is 6.54 Å². The number of hydrogen-bond donors (Lipinski definition) is 2. The van der Waals surface area contributed by atoms with Crippen molar-refractivity contribution in [2.24, 2.45) is 5.73 Å². The first-order chi connectivity index (χ1) is 5.25. The predicted molar refractivity (Wildman–Crippen MR) is 38.2 cm³/mol.